The molecule has 196 valence electrons. The molecule has 11 heteroatoms. The molecule has 0 amide bonds. The average Bonchev–Trinajstić information content (AvgIpc) is 3.57. The first-order chi connectivity index (χ1) is 19.0. The number of nitrogens with zero attached hydrogens (tertiary/aromatic N) is 2. The highest BCUT2D eigenvalue weighted by Gasteiger charge is 2.17. The van der Waals surface area contributed by atoms with Gasteiger partial charge in [0.1, 0.15) is 0 Å². The summed E-state index contributed by atoms with van der Waals surface area (Å²) in [4.78, 5) is 9.77. The molecule has 2 aromatic heterocycles. The van der Waals surface area contributed by atoms with Crippen LogP contribution < -0.4 is 10.6 Å². The number of thioether (sulfide) groups is 2. The van der Waals surface area contributed by atoms with E-state index in [1.165, 1.54) is 9.40 Å². The number of thiazole rings is 2. The Morgan fingerprint density at radius 2 is 1.00 bits per heavy atom. The smallest absolute Gasteiger partial charge is 0.206 e. The van der Waals surface area contributed by atoms with E-state index in [4.69, 9.17) is 0 Å². The highest BCUT2D eigenvalue weighted by atomic mass is 32.2. The van der Waals surface area contributed by atoms with Crippen molar-refractivity contribution in [3.05, 3.63) is 97.1 Å². The summed E-state index contributed by atoms with van der Waals surface area (Å²) in [6, 6.07) is 29.9. The predicted octanol–water partition coefficient (Wildman–Crippen LogP) is 8.06. The van der Waals surface area contributed by atoms with E-state index in [2.05, 4.69) is 32.7 Å². The number of hydrogen-bond donors (Lipinski definition) is 2. The van der Waals surface area contributed by atoms with Gasteiger partial charge in [-0.2, -0.15) is 0 Å². The van der Waals surface area contributed by atoms with E-state index in [1.807, 2.05) is 36.4 Å². The Labute approximate surface area is 242 Å². The minimum atomic E-state index is -3.61. The van der Waals surface area contributed by atoms with Crippen LogP contribution in [0.15, 0.2) is 116 Å². The summed E-state index contributed by atoms with van der Waals surface area (Å²) in [7, 11) is -3.61. The molecule has 0 saturated carbocycles. The molecule has 0 spiro atoms. The van der Waals surface area contributed by atoms with Crippen molar-refractivity contribution in [3.8, 4) is 0 Å². The summed E-state index contributed by atoms with van der Waals surface area (Å²) in [6.45, 7) is 0. The van der Waals surface area contributed by atoms with E-state index in [0.29, 0.717) is 11.8 Å². The van der Waals surface area contributed by atoms with E-state index >= 15 is 0 Å². The number of sulfone groups is 1. The van der Waals surface area contributed by atoms with Gasteiger partial charge in [-0.25, -0.2) is 18.4 Å². The van der Waals surface area contributed by atoms with E-state index in [1.54, 1.807) is 94.7 Å². The molecule has 39 heavy (non-hydrogen) atoms. The number of para-hydroxylation sites is 2. The van der Waals surface area contributed by atoms with E-state index in [0.717, 1.165) is 31.1 Å². The fraction of sp³-hybridized carbons (Fsp3) is 0.0714. The van der Waals surface area contributed by atoms with Gasteiger partial charge in [-0.3, -0.25) is 0 Å². The Morgan fingerprint density at radius 3 is 1.41 bits per heavy atom. The van der Waals surface area contributed by atoms with Gasteiger partial charge in [-0.15, -0.1) is 22.7 Å². The van der Waals surface area contributed by atoms with E-state index < -0.39 is 9.84 Å². The molecular weight excluding hydrogens is 585 g/mol. The van der Waals surface area contributed by atoms with Crippen LogP contribution >= 0.6 is 46.2 Å². The molecule has 6 aromatic rings. The molecule has 0 saturated heterocycles. The zero-order valence-corrected chi connectivity index (χ0v) is 24.5. The van der Waals surface area contributed by atoms with Crippen LogP contribution in [0.3, 0.4) is 0 Å². The van der Waals surface area contributed by atoms with Crippen LogP contribution in [0.5, 0.6) is 0 Å². The number of anilines is 2. The molecule has 6 nitrogen and oxygen atoms in total. The molecule has 0 atom stereocenters. The number of nitrogens with one attached hydrogen (secondary N) is 2. The Hall–Kier alpha value is -3.09. The van der Waals surface area contributed by atoms with Crippen LogP contribution in [0, 0.1) is 0 Å². The minimum absolute atomic E-state index is 0.263. The van der Waals surface area contributed by atoms with Gasteiger partial charge in [0, 0.05) is 11.4 Å². The quantitative estimate of drug-likeness (QED) is 0.120. The molecule has 0 fully saturated rings. The maximum atomic E-state index is 13.2. The maximum Gasteiger partial charge on any atom is 0.206 e. The summed E-state index contributed by atoms with van der Waals surface area (Å²) < 4.78 is 30.7. The van der Waals surface area contributed by atoms with Crippen LogP contribution in [0.2, 0.25) is 0 Å². The first-order valence-corrected chi connectivity index (χ1v) is 17.0. The van der Waals surface area contributed by atoms with Crippen molar-refractivity contribution in [2.24, 2.45) is 0 Å². The molecule has 0 aliphatic carbocycles. The number of benzene rings is 4. The zero-order valence-electron chi connectivity index (χ0n) is 20.4. The Kier molecular flexibility index (Phi) is 7.76. The van der Waals surface area contributed by atoms with Crippen molar-refractivity contribution in [3.63, 3.8) is 0 Å². The highest BCUT2D eigenvalue weighted by molar-refractivity contribution is 8.01. The summed E-state index contributed by atoms with van der Waals surface area (Å²) in [5, 5.41) is 6.65. The standard InChI is InChI=1S/C28H22N4O2S5/c33-39(34,21-13-9-19(10-14-21)29-17-35-27-31-23-5-1-3-7-25(23)37-27)22-15-11-20(12-16-22)30-18-36-28-32-24-6-2-4-8-26(24)38-28/h1-16,29-30H,17-18H2. The largest absolute Gasteiger partial charge is 0.376 e. The van der Waals surface area contributed by atoms with Crippen molar-refractivity contribution in [2.75, 3.05) is 22.4 Å². The monoisotopic (exact) mass is 606 g/mol. The Balaban J connectivity index is 1.02. The molecule has 4 aromatic carbocycles. The van der Waals surface area contributed by atoms with Gasteiger partial charge in [0.2, 0.25) is 9.84 Å². The molecule has 6 rings (SSSR count). The van der Waals surface area contributed by atoms with Gasteiger partial charge in [0.25, 0.3) is 0 Å². The van der Waals surface area contributed by atoms with Crippen LogP contribution in [-0.2, 0) is 9.84 Å². The van der Waals surface area contributed by atoms with Gasteiger partial charge >= 0.3 is 0 Å². The molecule has 0 bridgehead atoms. The lowest BCUT2D eigenvalue weighted by atomic mass is 10.3. The number of fused-ring (bicyclic) bond motifs is 2. The van der Waals surface area contributed by atoms with Gasteiger partial charge < -0.3 is 10.6 Å². The van der Waals surface area contributed by atoms with Crippen molar-refractivity contribution >= 4 is 87.8 Å². The third kappa shape index (κ3) is 6.07. The summed E-state index contributed by atoms with van der Waals surface area (Å²) in [6.07, 6.45) is 0. The zero-order chi connectivity index (χ0) is 26.7. The molecule has 2 heterocycles. The summed E-state index contributed by atoms with van der Waals surface area (Å²) >= 11 is 6.57. The minimum Gasteiger partial charge on any atom is -0.376 e. The molecular formula is C28H22N4O2S5. The van der Waals surface area contributed by atoms with Crippen molar-refractivity contribution in [1.29, 1.82) is 0 Å². The lowest BCUT2D eigenvalue weighted by Gasteiger charge is -2.09. The molecule has 0 unspecified atom stereocenters. The lowest BCUT2D eigenvalue weighted by molar-refractivity contribution is 0.596. The van der Waals surface area contributed by atoms with E-state index in [-0.39, 0.29) is 9.79 Å². The Bertz CT molecular complexity index is 1640. The second-order valence-corrected chi connectivity index (χ2v) is 14.8. The third-order valence-corrected chi connectivity index (χ3v) is 11.7. The second-order valence-electron chi connectivity index (χ2n) is 8.38. The highest BCUT2D eigenvalue weighted by Crippen LogP contribution is 2.31. The summed E-state index contributed by atoms with van der Waals surface area (Å²) in [5.41, 5.74) is 3.72. The fourth-order valence-electron chi connectivity index (χ4n) is 3.83. The third-order valence-electron chi connectivity index (χ3n) is 5.82. The molecule has 0 aliphatic heterocycles. The molecule has 2 N–H and O–H groups in total. The maximum absolute atomic E-state index is 13.2. The number of aromatic nitrogens is 2. The van der Waals surface area contributed by atoms with Gasteiger partial charge in [0.05, 0.1) is 42.0 Å². The van der Waals surface area contributed by atoms with E-state index in [9.17, 15) is 8.42 Å². The molecule has 0 radical (unpaired) electrons. The first-order valence-electron chi connectivity index (χ1n) is 11.9. The summed E-state index contributed by atoms with van der Waals surface area (Å²) in [5.74, 6) is 1.27. The number of rotatable bonds is 10. The van der Waals surface area contributed by atoms with Crippen molar-refractivity contribution in [1.82, 2.24) is 9.97 Å². The Morgan fingerprint density at radius 1 is 0.590 bits per heavy atom. The van der Waals surface area contributed by atoms with Crippen molar-refractivity contribution < 1.29 is 8.42 Å². The fourth-order valence-corrected chi connectivity index (χ4v) is 8.90. The average molecular weight is 607 g/mol. The van der Waals surface area contributed by atoms with Crippen LogP contribution in [0.4, 0.5) is 11.4 Å². The number of hydrogen-bond acceptors (Lipinski definition) is 10. The van der Waals surface area contributed by atoms with Crippen LogP contribution in [-0.4, -0.2) is 30.1 Å². The van der Waals surface area contributed by atoms with Crippen molar-refractivity contribution in [2.45, 2.75) is 18.5 Å². The topological polar surface area (TPSA) is 84.0 Å². The van der Waals surface area contributed by atoms with Crippen LogP contribution in [0.25, 0.3) is 20.4 Å². The molecule has 0 aliphatic rings. The SMILES string of the molecule is O=S(=O)(c1ccc(NCSc2nc3ccccc3s2)cc1)c1ccc(NCSc2nc3ccccc3s2)cc1. The first kappa shape index (κ1) is 26.1. The normalized spacial score (nSPS) is 11.7. The van der Waals surface area contributed by atoms with Gasteiger partial charge in [-0.1, -0.05) is 47.8 Å². The van der Waals surface area contributed by atoms with Crippen LogP contribution in [0.1, 0.15) is 0 Å². The lowest BCUT2D eigenvalue weighted by Crippen LogP contribution is -2.04. The second kappa shape index (κ2) is 11.6. The van der Waals surface area contributed by atoms with Gasteiger partial charge in [-0.05, 0) is 72.8 Å². The van der Waals surface area contributed by atoms with Gasteiger partial charge in [0.15, 0.2) is 8.68 Å². The predicted molar refractivity (Wildman–Crippen MR) is 166 cm³/mol.